The monoisotopic (exact) mass is 340 g/mol. The normalized spacial score (nSPS) is 20.5. The minimum absolute atomic E-state index is 0.781. The van der Waals surface area contributed by atoms with Crippen LogP contribution in [0.4, 0.5) is 0 Å². The maximum Gasteiger partial charge on any atom is 0.0494 e. The molecule has 0 spiro atoms. The molecule has 0 aliphatic carbocycles. The van der Waals surface area contributed by atoms with Gasteiger partial charge in [-0.3, -0.25) is 0 Å². The SMILES string of the molecule is CC1CCOCC1C.CCCCCCCCCCCCCCCC. The molecule has 1 aliphatic rings. The van der Waals surface area contributed by atoms with Gasteiger partial charge in [-0.1, -0.05) is 118 Å². The number of hydrogen-bond acceptors (Lipinski definition) is 1. The molecule has 0 bridgehead atoms. The van der Waals surface area contributed by atoms with Crippen molar-refractivity contribution in [2.45, 2.75) is 124 Å². The van der Waals surface area contributed by atoms with Crippen LogP contribution in [0.15, 0.2) is 0 Å². The molecule has 2 unspecified atom stereocenters. The molecule has 1 rings (SSSR count). The zero-order valence-corrected chi connectivity index (χ0v) is 17.6. The summed E-state index contributed by atoms with van der Waals surface area (Å²) in [7, 11) is 0. The van der Waals surface area contributed by atoms with E-state index in [4.69, 9.17) is 4.74 Å². The first-order valence-electron chi connectivity index (χ1n) is 11.3. The van der Waals surface area contributed by atoms with Crippen molar-refractivity contribution in [2.24, 2.45) is 11.8 Å². The summed E-state index contributed by atoms with van der Waals surface area (Å²) >= 11 is 0. The second-order valence-corrected chi connectivity index (χ2v) is 8.06. The predicted molar refractivity (Wildman–Crippen MR) is 110 cm³/mol. The van der Waals surface area contributed by atoms with Crippen LogP contribution in [0.25, 0.3) is 0 Å². The van der Waals surface area contributed by atoms with E-state index in [1.165, 1.54) is 96.3 Å². The summed E-state index contributed by atoms with van der Waals surface area (Å²) < 4.78 is 5.25. The molecule has 0 saturated carbocycles. The van der Waals surface area contributed by atoms with E-state index >= 15 is 0 Å². The minimum atomic E-state index is 0.781. The van der Waals surface area contributed by atoms with E-state index in [1.54, 1.807) is 0 Å². The van der Waals surface area contributed by atoms with Gasteiger partial charge in [0.05, 0.1) is 0 Å². The molecule has 0 aromatic heterocycles. The Morgan fingerprint density at radius 3 is 1.21 bits per heavy atom. The Hall–Kier alpha value is -0.0400. The highest BCUT2D eigenvalue weighted by Crippen LogP contribution is 2.19. The van der Waals surface area contributed by atoms with Crippen LogP contribution in [0, 0.1) is 11.8 Å². The highest BCUT2D eigenvalue weighted by atomic mass is 16.5. The molecule has 1 nitrogen and oxygen atoms in total. The van der Waals surface area contributed by atoms with Gasteiger partial charge in [0, 0.05) is 13.2 Å². The Morgan fingerprint density at radius 1 is 0.583 bits per heavy atom. The van der Waals surface area contributed by atoms with Gasteiger partial charge in [0.2, 0.25) is 0 Å². The van der Waals surface area contributed by atoms with Crippen molar-refractivity contribution in [3.8, 4) is 0 Å². The summed E-state index contributed by atoms with van der Waals surface area (Å²) in [5, 5.41) is 0. The summed E-state index contributed by atoms with van der Waals surface area (Å²) in [5.41, 5.74) is 0. The maximum atomic E-state index is 5.25. The molecule has 0 aromatic rings. The molecule has 0 aromatic carbocycles. The van der Waals surface area contributed by atoms with E-state index in [9.17, 15) is 0 Å². The third-order valence-corrected chi connectivity index (χ3v) is 5.53. The molecular formula is C23H48O. The Morgan fingerprint density at radius 2 is 0.958 bits per heavy atom. The first-order valence-corrected chi connectivity index (χ1v) is 11.3. The largest absolute Gasteiger partial charge is 0.381 e. The quantitative estimate of drug-likeness (QED) is 0.307. The van der Waals surface area contributed by atoms with E-state index in [0.717, 1.165) is 25.0 Å². The lowest BCUT2D eigenvalue weighted by Gasteiger charge is -2.24. The molecular weight excluding hydrogens is 292 g/mol. The van der Waals surface area contributed by atoms with Crippen LogP contribution in [0.2, 0.25) is 0 Å². The summed E-state index contributed by atoms with van der Waals surface area (Å²) in [5.74, 6) is 1.66. The van der Waals surface area contributed by atoms with Crippen LogP contribution in [-0.2, 0) is 4.74 Å². The van der Waals surface area contributed by atoms with Gasteiger partial charge in [-0.05, 0) is 18.3 Å². The fraction of sp³-hybridized carbons (Fsp3) is 1.00. The third-order valence-electron chi connectivity index (χ3n) is 5.53. The van der Waals surface area contributed by atoms with Crippen LogP contribution in [-0.4, -0.2) is 13.2 Å². The van der Waals surface area contributed by atoms with Gasteiger partial charge >= 0.3 is 0 Å². The first-order chi connectivity index (χ1) is 11.7. The maximum absolute atomic E-state index is 5.25. The molecule has 24 heavy (non-hydrogen) atoms. The van der Waals surface area contributed by atoms with Crippen molar-refractivity contribution >= 4 is 0 Å². The lowest BCUT2D eigenvalue weighted by molar-refractivity contribution is 0.0303. The lowest BCUT2D eigenvalue weighted by atomic mass is 9.92. The van der Waals surface area contributed by atoms with E-state index in [2.05, 4.69) is 27.7 Å². The molecule has 0 N–H and O–H groups in total. The van der Waals surface area contributed by atoms with Gasteiger partial charge in [-0.25, -0.2) is 0 Å². The summed E-state index contributed by atoms with van der Waals surface area (Å²) in [6, 6.07) is 0. The predicted octanol–water partition coefficient (Wildman–Crippen LogP) is 8.17. The number of ether oxygens (including phenoxy) is 1. The van der Waals surface area contributed by atoms with Gasteiger partial charge in [-0.2, -0.15) is 0 Å². The Labute approximate surface area is 154 Å². The Kier molecular flexibility index (Phi) is 19.3. The summed E-state index contributed by atoms with van der Waals surface area (Å²) in [4.78, 5) is 0. The Bertz CT molecular complexity index is 202. The van der Waals surface area contributed by atoms with Crippen molar-refractivity contribution < 1.29 is 4.74 Å². The molecule has 1 fully saturated rings. The van der Waals surface area contributed by atoms with Gasteiger partial charge < -0.3 is 4.74 Å². The average molecular weight is 341 g/mol. The minimum Gasteiger partial charge on any atom is -0.381 e. The van der Waals surface area contributed by atoms with Gasteiger partial charge in [0.15, 0.2) is 0 Å². The highest BCUT2D eigenvalue weighted by Gasteiger charge is 2.16. The van der Waals surface area contributed by atoms with Crippen molar-refractivity contribution in [1.29, 1.82) is 0 Å². The van der Waals surface area contributed by atoms with E-state index in [-0.39, 0.29) is 0 Å². The van der Waals surface area contributed by atoms with Crippen LogP contribution in [0.5, 0.6) is 0 Å². The smallest absolute Gasteiger partial charge is 0.0494 e. The van der Waals surface area contributed by atoms with Crippen LogP contribution < -0.4 is 0 Å². The second kappa shape index (κ2) is 19.3. The third kappa shape index (κ3) is 16.8. The van der Waals surface area contributed by atoms with Gasteiger partial charge in [-0.15, -0.1) is 0 Å². The standard InChI is InChI=1S/C16H34.C7H14O/c1-3-5-7-9-11-13-15-16-14-12-10-8-6-4-2;1-6-3-4-8-5-7(6)2/h3-16H2,1-2H3;6-7H,3-5H2,1-2H3. The fourth-order valence-electron chi connectivity index (χ4n) is 3.26. The molecule has 0 radical (unpaired) electrons. The molecule has 1 heteroatoms. The van der Waals surface area contributed by atoms with E-state index in [0.29, 0.717) is 0 Å². The van der Waals surface area contributed by atoms with Crippen molar-refractivity contribution in [3.05, 3.63) is 0 Å². The molecule has 0 amide bonds. The fourth-order valence-corrected chi connectivity index (χ4v) is 3.26. The molecule has 146 valence electrons. The van der Waals surface area contributed by atoms with E-state index < -0.39 is 0 Å². The topological polar surface area (TPSA) is 9.23 Å². The molecule has 1 aliphatic heterocycles. The zero-order chi connectivity index (χ0) is 17.9. The lowest BCUT2D eigenvalue weighted by Crippen LogP contribution is -2.22. The van der Waals surface area contributed by atoms with Crippen molar-refractivity contribution in [1.82, 2.24) is 0 Å². The van der Waals surface area contributed by atoms with Crippen LogP contribution in [0.3, 0.4) is 0 Å². The average Bonchev–Trinajstić information content (AvgIpc) is 2.59. The number of rotatable bonds is 13. The van der Waals surface area contributed by atoms with Crippen LogP contribution in [0.1, 0.15) is 124 Å². The number of unbranched alkanes of at least 4 members (excludes halogenated alkanes) is 13. The Balaban J connectivity index is 0.000000546. The summed E-state index contributed by atoms with van der Waals surface area (Å²) in [6.07, 6.45) is 21.7. The second-order valence-electron chi connectivity index (χ2n) is 8.06. The zero-order valence-electron chi connectivity index (χ0n) is 17.6. The van der Waals surface area contributed by atoms with Crippen molar-refractivity contribution in [2.75, 3.05) is 13.2 Å². The van der Waals surface area contributed by atoms with Crippen molar-refractivity contribution in [3.63, 3.8) is 0 Å². The highest BCUT2D eigenvalue weighted by molar-refractivity contribution is 4.64. The molecule has 1 saturated heterocycles. The van der Waals surface area contributed by atoms with Gasteiger partial charge in [0.1, 0.15) is 0 Å². The van der Waals surface area contributed by atoms with E-state index in [1.807, 2.05) is 0 Å². The molecule has 1 heterocycles. The van der Waals surface area contributed by atoms with Crippen LogP contribution >= 0.6 is 0 Å². The molecule has 2 atom stereocenters. The number of hydrogen-bond donors (Lipinski definition) is 0. The first kappa shape index (κ1) is 24.0. The summed E-state index contributed by atoms with van der Waals surface area (Å²) in [6.45, 7) is 11.1. The van der Waals surface area contributed by atoms with Gasteiger partial charge in [0.25, 0.3) is 0 Å².